The van der Waals surface area contributed by atoms with Gasteiger partial charge >= 0.3 is 0 Å². The number of carbonyl (C=O) groups excluding carboxylic acids is 1. The molecule has 1 aliphatic rings. The minimum atomic E-state index is 0.242. The van der Waals surface area contributed by atoms with Crippen molar-refractivity contribution in [3.63, 3.8) is 0 Å². The molecule has 108 valence electrons. The van der Waals surface area contributed by atoms with Crippen LogP contribution < -0.4 is 11.1 Å². The Morgan fingerprint density at radius 2 is 2.10 bits per heavy atom. The standard InChI is InChI=1S/C15H21N3OS/c1-11-10-12(4-5-13(11)15(16)20)17-7-6-14(19)18-8-2-3-9-18/h4-5,10,17H,2-3,6-9H2,1H3,(H2,16,20). The van der Waals surface area contributed by atoms with Gasteiger partial charge in [-0.2, -0.15) is 0 Å². The van der Waals surface area contributed by atoms with Crippen LogP contribution >= 0.6 is 12.2 Å². The zero-order valence-electron chi connectivity index (χ0n) is 11.8. The maximum absolute atomic E-state index is 11.9. The number of rotatable bonds is 5. The number of amides is 1. The Morgan fingerprint density at radius 1 is 1.40 bits per heavy atom. The molecule has 2 rings (SSSR count). The summed E-state index contributed by atoms with van der Waals surface area (Å²) in [4.78, 5) is 14.3. The Balaban J connectivity index is 1.83. The summed E-state index contributed by atoms with van der Waals surface area (Å²) in [7, 11) is 0. The number of benzene rings is 1. The van der Waals surface area contributed by atoms with Crippen molar-refractivity contribution in [2.45, 2.75) is 26.2 Å². The Hall–Kier alpha value is -1.62. The number of hydrogen-bond acceptors (Lipinski definition) is 3. The Labute approximate surface area is 125 Å². The van der Waals surface area contributed by atoms with Gasteiger partial charge in [-0.05, 0) is 43.5 Å². The first kappa shape index (κ1) is 14.8. The van der Waals surface area contributed by atoms with Crippen LogP contribution in [0.1, 0.15) is 30.4 Å². The minimum absolute atomic E-state index is 0.242. The summed E-state index contributed by atoms with van der Waals surface area (Å²) >= 11 is 4.98. The molecule has 20 heavy (non-hydrogen) atoms. The van der Waals surface area contributed by atoms with E-state index in [2.05, 4.69) is 5.32 Å². The van der Waals surface area contributed by atoms with Crippen molar-refractivity contribution >= 4 is 28.8 Å². The lowest BCUT2D eigenvalue weighted by molar-refractivity contribution is -0.129. The second-order valence-corrected chi connectivity index (χ2v) is 5.60. The van der Waals surface area contributed by atoms with Gasteiger partial charge in [-0.3, -0.25) is 4.79 Å². The molecule has 0 atom stereocenters. The van der Waals surface area contributed by atoms with Crippen molar-refractivity contribution in [3.05, 3.63) is 29.3 Å². The summed E-state index contributed by atoms with van der Waals surface area (Å²) in [5, 5.41) is 3.27. The van der Waals surface area contributed by atoms with Crippen LogP contribution in [0, 0.1) is 6.92 Å². The van der Waals surface area contributed by atoms with Crippen LogP contribution in [0.5, 0.6) is 0 Å². The van der Waals surface area contributed by atoms with Crippen LogP contribution in [0.4, 0.5) is 5.69 Å². The van der Waals surface area contributed by atoms with E-state index in [1.165, 1.54) is 0 Å². The summed E-state index contributed by atoms with van der Waals surface area (Å²) < 4.78 is 0. The van der Waals surface area contributed by atoms with E-state index in [4.69, 9.17) is 18.0 Å². The maximum atomic E-state index is 11.9. The van der Waals surface area contributed by atoms with Gasteiger partial charge in [0.15, 0.2) is 0 Å². The van der Waals surface area contributed by atoms with E-state index < -0.39 is 0 Å². The largest absolute Gasteiger partial charge is 0.389 e. The molecule has 5 heteroatoms. The lowest BCUT2D eigenvalue weighted by Gasteiger charge is -2.15. The fourth-order valence-electron chi connectivity index (χ4n) is 2.49. The Morgan fingerprint density at radius 3 is 2.70 bits per heavy atom. The van der Waals surface area contributed by atoms with Gasteiger partial charge in [0.2, 0.25) is 5.91 Å². The SMILES string of the molecule is Cc1cc(NCCC(=O)N2CCCC2)ccc1C(N)=S. The van der Waals surface area contributed by atoms with Gasteiger partial charge in [0, 0.05) is 37.3 Å². The van der Waals surface area contributed by atoms with E-state index in [1.807, 2.05) is 30.0 Å². The zero-order valence-corrected chi connectivity index (χ0v) is 12.6. The van der Waals surface area contributed by atoms with Crippen molar-refractivity contribution in [2.75, 3.05) is 25.0 Å². The second-order valence-electron chi connectivity index (χ2n) is 5.16. The minimum Gasteiger partial charge on any atom is -0.389 e. The van der Waals surface area contributed by atoms with E-state index in [0.717, 1.165) is 42.7 Å². The molecule has 0 radical (unpaired) electrons. The number of nitrogens with one attached hydrogen (secondary N) is 1. The maximum Gasteiger partial charge on any atom is 0.224 e. The van der Waals surface area contributed by atoms with Crippen LogP contribution in [0.15, 0.2) is 18.2 Å². The number of nitrogens with two attached hydrogens (primary N) is 1. The van der Waals surface area contributed by atoms with E-state index in [1.54, 1.807) is 0 Å². The summed E-state index contributed by atoms with van der Waals surface area (Å²) in [6, 6.07) is 5.87. The smallest absolute Gasteiger partial charge is 0.224 e. The first-order valence-corrected chi connectivity index (χ1v) is 7.41. The molecule has 0 unspecified atom stereocenters. The highest BCUT2D eigenvalue weighted by molar-refractivity contribution is 7.80. The molecule has 1 aliphatic heterocycles. The normalized spacial score (nSPS) is 14.3. The highest BCUT2D eigenvalue weighted by Crippen LogP contribution is 2.15. The van der Waals surface area contributed by atoms with Crippen LogP contribution in [-0.2, 0) is 4.79 Å². The van der Waals surface area contributed by atoms with Gasteiger partial charge in [0.05, 0.1) is 0 Å². The van der Waals surface area contributed by atoms with Gasteiger partial charge in [-0.25, -0.2) is 0 Å². The molecule has 0 spiro atoms. The van der Waals surface area contributed by atoms with Crippen LogP contribution in [0.25, 0.3) is 0 Å². The number of likely N-dealkylation sites (tertiary alicyclic amines) is 1. The predicted octanol–water partition coefficient (Wildman–Crippen LogP) is 2.05. The molecule has 0 aromatic heterocycles. The average Bonchev–Trinajstić information content (AvgIpc) is 2.92. The van der Waals surface area contributed by atoms with Gasteiger partial charge in [-0.15, -0.1) is 0 Å². The summed E-state index contributed by atoms with van der Waals surface area (Å²) in [5.41, 5.74) is 8.58. The van der Waals surface area contributed by atoms with Gasteiger partial charge in [-0.1, -0.05) is 12.2 Å². The highest BCUT2D eigenvalue weighted by Gasteiger charge is 2.16. The number of hydrogen-bond donors (Lipinski definition) is 2. The van der Waals surface area contributed by atoms with Crippen molar-refractivity contribution in [3.8, 4) is 0 Å². The third-order valence-electron chi connectivity index (χ3n) is 3.62. The molecule has 4 nitrogen and oxygen atoms in total. The van der Waals surface area contributed by atoms with Gasteiger partial charge in [0.25, 0.3) is 0 Å². The Kier molecular flexibility index (Phi) is 4.95. The molecule has 1 amide bonds. The van der Waals surface area contributed by atoms with Crippen molar-refractivity contribution in [2.24, 2.45) is 5.73 Å². The first-order valence-electron chi connectivity index (χ1n) is 7.00. The van der Waals surface area contributed by atoms with E-state index in [9.17, 15) is 4.79 Å². The van der Waals surface area contributed by atoms with E-state index in [-0.39, 0.29) is 5.91 Å². The van der Waals surface area contributed by atoms with Crippen molar-refractivity contribution in [1.29, 1.82) is 0 Å². The highest BCUT2D eigenvalue weighted by atomic mass is 32.1. The molecule has 0 bridgehead atoms. The number of thiocarbonyl (C=S) groups is 1. The van der Waals surface area contributed by atoms with E-state index in [0.29, 0.717) is 18.0 Å². The molecule has 3 N–H and O–H groups in total. The number of aryl methyl sites for hydroxylation is 1. The third kappa shape index (κ3) is 3.70. The summed E-state index contributed by atoms with van der Waals surface area (Å²) in [6.45, 7) is 4.47. The number of carbonyl (C=O) groups is 1. The molecular formula is C15H21N3OS. The molecule has 0 aliphatic carbocycles. The van der Waals surface area contributed by atoms with Crippen LogP contribution in [0.2, 0.25) is 0 Å². The molecule has 0 saturated carbocycles. The quantitative estimate of drug-likeness (QED) is 0.815. The van der Waals surface area contributed by atoms with Gasteiger partial charge < -0.3 is 16.0 Å². The molecule has 1 heterocycles. The number of anilines is 1. The zero-order chi connectivity index (χ0) is 14.5. The van der Waals surface area contributed by atoms with Crippen LogP contribution in [0.3, 0.4) is 0 Å². The number of nitrogens with zero attached hydrogens (tertiary/aromatic N) is 1. The monoisotopic (exact) mass is 291 g/mol. The second kappa shape index (κ2) is 6.70. The molecule has 1 fully saturated rings. The van der Waals surface area contributed by atoms with Gasteiger partial charge in [0.1, 0.15) is 4.99 Å². The van der Waals surface area contributed by atoms with Crippen molar-refractivity contribution in [1.82, 2.24) is 4.90 Å². The summed E-state index contributed by atoms with van der Waals surface area (Å²) in [5.74, 6) is 0.242. The lowest BCUT2D eigenvalue weighted by Crippen LogP contribution is -2.29. The summed E-state index contributed by atoms with van der Waals surface area (Å²) in [6.07, 6.45) is 2.81. The first-order chi connectivity index (χ1) is 9.58. The lowest BCUT2D eigenvalue weighted by atomic mass is 10.1. The predicted molar refractivity (Wildman–Crippen MR) is 86.0 cm³/mol. The fourth-order valence-corrected chi connectivity index (χ4v) is 2.72. The van der Waals surface area contributed by atoms with Crippen molar-refractivity contribution < 1.29 is 4.79 Å². The van der Waals surface area contributed by atoms with Crippen LogP contribution in [-0.4, -0.2) is 35.4 Å². The molecule has 1 aromatic carbocycles. The fraction of sp³-hybridized carbons (Fsp3) is 0.467. The molecule has 1 saturated heterocycles. The topological polar surface area (TPSA) is 58.4 Å². The molecular weight excluding hydrogens is 270 g/mol. The molecule has 1 aromatic rings. The average molecular weight is 291 g/mol. The third-order valence-corrected chi connectivity index (χ3v) is 3.84. The Bertz CT molecular complexity index is 510. The van der Waals surface area contributed by atoms with E-state index >= 15 is 0 Å².